The van der Waals surface area contributed by atoms with E-state index in [1.54, 1.807) is 4.90 Å². The fourth-order valence-corrected chi connectivity index (χ4v) is 4.82. The summed E-state index contributed by atoms with van der Waals surface area (Å²) in [5.74, 6) is -0.394. The van der Waals surface area contributed by atoms with Crippen molar-refractivity contribution < 1.29 is 27.5 Å². The quantitative estimate of drug-likeness (QED) is 0.676. The molecule has 3 rings (SSSR count). The molecule has 8 nitrogen and oxygen atoms in total. The zero-order valence-corrected chi connectivity index (χ0v) is 16.8. The smallest absolute Gasteiger partial charge is 0.338 e. The highest BCUT2D eigenvalue weighted by molar-refractivity contribution is 7.89. The van der Waals surface area contributed by atoms with Gasteiger partial charge in [-0.1, -0.05) is 6.92 Å². The molecule has 0 bridgehead atoms. The molecular weight excluding hydrogens is 384 g/mol. The molecule has 28 heavy (non-hydrogen) atoms. The minimum Gasteiger partial charge on any atom is -0.452 e. The summed E-state index contributed by atoms with van der Waals surface area (Å²) in [6.07, 6.45) is 2.06. The van der Waals surface area contributed by atoms with E-state index in [2.05, 4.69) is 6.92 Å². The molecule has 0 unspecified atom stereocenters. The van der Waals surface area contributed by atoms with E-state index < -0.39 is 16.0 Å². The molecule has 0 aromatic heterocycles. The molecule has 2 fully saturated rings. The highest BCUT2D eigenvalue weighted by atomic mass is 32.2. The molecule has 1 aromatic carbocycles. The predicted molar refractivity (Wildman–Crippen MR) is 101 cm³/mol. The summed E-state index contributed by atoms with van der Waals surface area (Å²) in [6.45, 7) is 4.52. The number of hydrogen-bond donors (Lipinski definition) is 0. The van der Waals surface area contributed by atoms with Gasteiger partial charge >= 0.3 is 5.97 Å². The first kappa shape index (κ1) is 20.8. The Labute approximate surface area is 165 Å². The lowest BCUT2D eigenvalue weighted by Crippen LogP contribution is -2.41. The normalized spacial score (nSPS) is 21.3. The summed E-state index contributed by atoms with van der Waals surface area (Å²) in [4.78, 5) is 26.2. The Bertz CT molecular complexity index is 802. The van der Waals surface area contributed by atoms with Gasteiger partial charge in [0.15, 0.2) is 6.61 Å². The van der Waals surface area contributed by atoms with Crippen molar-refractivity contribution in [3.63, 3.8) is 0 Å². The number of piperidine rings is 1. The van der Waals surface area contributed by atoms with Gasteiger partial charge in [0.2, 0.25) is 10.0 Å². The number of esters is 1. The van der Waals surface area contributed by atoms with Crippen molar-refractivity contribution in [3.05, 3.63) is 29.8 Å². The van der Waals surface area contributed by atoms with Crippen LogP contribution in [-0.2, 0) is 24.3 Å². The van der Waals surface area contributed by atoms with Crippen LogP contribution in [0.3, 0.4) is 0 Å². The highest BCUT2D eigenvalue weighted by Crippen LogP contribution is 2.18. The second kappa shape index (κ2) is 9.02. The lowest BCUT2D eigenvalue weighted by atomic mass is 10.0. The number of carbonyl (C=O) groups excluding carboxylic acids is 2. The van der Waals surface area contributed by atoms with Crippen LogP contribution in [0.15, 0.2) is 29.2 Å². The lowest BCUT2D eigenvalue weighted by Gasteiger charge is -2.30. The zero-order valence-electron chi connectivity index (χ0n) is 16.0. The van der Waals surface area contributed by atoms with Gasteiger partial charge < -0.3 is 14.4 Å². The summed E-state index contributed by atoms with van der Waals surface area (Å²) in [5.41, 5.74) is 0.209. The van der Waals surface area contributed by atoms with Crippen LogP contribution >= 0.6 is 0 Å². The number of morpholine rings is 1. The standard InChI is InChI=1S/C19H26N2O6S/c1-15-3-2-8-20(13-15)18(22)14-27-19(23)16-4-6-17(7-5-16)28(24,25)21-9-11-26-12-10-21/h4-7,15H,2-3,8-14H2,1H3/t15-/m0/s1. The third-order valence-electron chi connectivity index (χ3n) is 5.03. The van der Waals surface area contributed by atoms with Crippen LogP contribution in [0.4, 0.5) is 0 Å². The number of likely N-dealkylation sites (tertiary alicyclic amines) is 1. The Morgan fingerprint density at radius 1 is 1.14 bits per heavy atom. The summed E-state index contributed by atoms with van der Waals surface area (Å²) in [7, 11) is -3.61. The van der Waals surface area contributed by atoms with E-state index in [0.717, 1.165) is 12.8 Å². The summed E-state index contributed by atoms with van der Waals surface area (Å²) >= 11 is 0. The highest BCUT2D eigenvalue weighted by Gasteiger charge is 2.27. The molecule has 1 amide bonds. The van der Waals surface area contributed by atoms with E-state index >= 15 is 0 Å². The Morgan fingerprint density at radius 3 is 2.46 bits per heavy atom. The van der Waals surface area contributed by atoms with Crippen LogP contribution in [-0.4, -0.2) is 75.5 Å². The van der Waals surface area contributed by atoms with E-state index in [4.69, 9.17) is 9.47 Å². The van der Waals surface area contributed by atoms with Gasteiger partial charge in [0, 0.05) is 26.2 Å². The molecule has 0 radical (unpaired) electrons. The van der Waals surface area contributed by atoms with E-state index in [1.165, 1.54) is 28.6 Å². The van der Waals surface area contributed by atoms with Crippen molar-refractivity contribution >= 4 is 21.9 Å². The number of sulfonamides is 1. The van der Waals surface area contributed by atoms with E-state index in [9.17, 15) is 18.0 Å². The molecule has 154 valence electrons. The first-order valence-electron chi connectivity index (χ1n) is 9.51. The molecule has 0 saturated carbocycles. The molecule has 0 spiro atoms. The SMILES string of the molecule is C[C@H]1CCCN(C(=O)COC(=O)c2ccc(S(=O)(=O)N3CCOCC3)cc2)C1. The average molecular weight is 410 g/mol. The van der Waals surface area contributed by atoms with Crippen LogP contribution < -0.4 is 0 Å². The lowest BCUT2D eigenvalue weighted by molar-refractivity contribution is -0.136. The number of rotatable bonds is 5. The topological polar surface area (TPSA) is 93.2 Å². The van der Waals surface area contributed by atoms with Crippen LogP contribution in [0.25, 0.3) is 0 Å². The Balaban J connectivity index is 1.57. The van der Waals surface area contributed by atoms with Gasteiger partial charge in [-0.25, -0.2) is 13.2 Å². The van der Waals surface area contributed by atoms with Gasteiger partial charge in [-0.15, -0.1) is 0 Å². The second-order valence-corrected chi connectivity index (χ2v) is 9.14. The minimum atomic E-state index is -3.61. The molecule has 2 saturated heterocycles. The summed E-state index contributed by atoms with van der Waals surface area (Å²) < 4.78 is 36.8. The number of carbonyl (C=O) groups is 2. The van der Waals surface area contributed by atoms with Crippen LogP contribution in [0, 0.1) is 5.92 Å². The molecular formula is C19H26N2O6S. The van der Waals surface area contributed by atoms with Gasteiger partial charge in [-0.3, -0.25) is 4.79 Å². The molecule has 1 atom stereocenters. The Morgan fingerprint density at radius 2 is 1.82 bits per heavy atom. The maximum Gasteiger partial charge on any atom is 0.338 e. The molecule has 9 heteroatoms. The Hall–Kier alpha value is -1.97. The average Bonchev–Trinajstić information content (AvgIpc) is 2.72. The molecule has 1 aromatic rings. The number of nitrogens with zero attached hydrogens (tertiary/aromatic N) is 2. The minimum absolute atomic E-state index is 0.115. The second-order valence-electron chi connectivity index (χ2n) is 7.20. The predicted octanol–water partition coefficient (Wildman–Crippen LogP) is 1.12. The molecule has 2 heterocycles. The third kappa shape index (κ3) is 4.89. The number of amides is 1. The fourth-order valence-electron chi connectivity index (χ4n) is 3.42. The van der Waals surface area contributed by atoms with Crippen molar-refractivity contribution in [3.8, 4) is 0 Å². The van der Waals surface area contributed by atoms with Gasteiger partial charge in [0.25, 0.3) is 5.91 Å². The van der Waals surface area contributed by atoms with Gasteiger partial charge in [0.05, 0.1) is 23.7 Å². The zero-order chi connectivity index (χ0) is 20.1. The van der Waals surface area contributed by atoms with Crippen molar-refractivity contribution in [2.24, 2.45) is 5.92 Å². The van der Waals surface area contributed by atoms with E-state index in [-0.39, 0.29) is 23.0 Å². The van der Waals surface area contributed by atoms with Crippen molar-refractivity contribution in [2.45, 2.75) is 24.7 Å². The van der Waals surface area contributed by atoms with Crippen molar-refractivity contribution in [1.29, 1.82) is 0 Å². The fraction of sp³-hybridized carbons (Fsp3) is 0.579. The molecule has 2 aliphatic rings. The maximum atomic E-state index is 12.6. The first-order chi connectivity index (χ1) is 13.4. The number of ether oxygens (including phenoxy) is 2. The molecule has 2 aliphatic heterocycles. The summed E-state index contributed by atoms with van der Waals surface area (Å²) in [5, 5.41) is 0. The third-order valence-corrected chi connectivity index (χ3v) is 6.95. The van der Waals surface area contributed by atoms with Crippen LogP contribution in [0.5, 0.6) is 0 Å². The molecule has 0 N–H and O–H groups in total. The first-order valence-corrected chi connectivity index (χ1v) is 10.9. The number of benzene rings is 1. The Kier molecular flexibility index (Phi) is 6.69. The van der Waals surface area contributed by atoms with Crippen LogP contribution in [0.1, 0.15) is 30.1 Å². The van der Waals surface area contributed by atoms with Gasteiger partial charge in [-0.2, -0.15) is 4.31 Å². The number of hydrogen-bond acceptors (Lipinski definition) is 6. The monoisotopic (exact) mass is 410 g/mol. The maximum absolute atomic E-state index is 12.6. The van der Waals surface area contributed by atoms with Gasteiger partial charge in [-0.05, 0) is 43.0 Å². The largest absolute Gasteiger partial charge is 0.452 e. The van der Waals surface area contributed by atoms with Crippen LogP contribution in [0.2, 0.25) is 0 Å². The van der Waals surface area contributed by atoms with E-state index in [0.29, 0.717) is 45.3 Å². The molecule has 0 aliphatic carbocycles. The van der Waals surface area contributed by atoms with Crippen molar-refractivity contribution in [2.75, 3.05) is 46.0 Å². The van der Waals surface area contributed by atoms with Gasteiger partial charge in [0.1, 0.15) is 0 Å². The summed E-state index contributed by atoms with van der Waals surface area (Å²) in [6, 6.07) is 5.58. The van der Waals surface area contributed by atoms with E-state index in [1.807, 2.05) is 0 Å². The van der Waals surface area contributed by atoms with Crippen molar-refractivity contribution in [1.82, 2.24) is 9.21 Å².